The number of hydrogen-bond acceptors (Lipinski definition) is 3. The maximum atomic E-state index is 14.1. The van der Waals surface area contributed by atoms with Crippen molar-refractivity contribution < 1.29 is 9.13 Å². The fraction of sp³-hybridized carbons (Fsp3) is 0.200. The lowest BCUT2D eigenvalue weighted by Crippen LogP contribution is -2.30. The van der Waals surface area contributed by atoms with E-state index in [0.29, 0.717) is 21.9 Å². The molecule has 106 valence electrons. The van der Waals surface area contributed by atoms with E-state index in [4.69, 9.17) is 22.2 Å². The minimum absolute atomic E-state index is 0.324. The van der Waals surface area contributed by atoms with Crippen LogP contribution in [-0.2, 0) is 0 Å². The molecule has 0 bridgehead atoms. The van der Waals surface area contributed by atoms with Gasteiger partial charge in [0.1, 0.15) is 11.6 Å². The summed E-state index contributed by atoms with van der Waals surface area (Å²) in [6, 6.07) is 9.62. The van der Waals surface area contributed by atoms with Crippen LogP contribution in [0.3, 0.4) is 0 Å². The second-order valence-corrected chi connectivity index (χ2v) is 4.95. The first-order valence-corrected chi connectivity index (χ1v) is 6.50. The Bertz CT molecular complexity index is 619. The third-order valence-electron chi connectivity index (χ3n) is 3.14. The monoisotopic (exact) mass is 294 g/mol. The number of aryl methyl sites for hydroxylation is 1. The molecular weight excluding hydrogens is 279 g/mol. The lowest BCUT2D eigenvalue weighted by Gasteiger charge is -2.20. The van der Waals surface area contributed by atoms with E-state index < -0.39 is 6.04 Å². The van der Waals surface area contributed by atoms with Gasteiger partial charge >= 0.3 is 0 Å². The molecular formula is C15H16ClFN2O. The van der Waals surface area contributed by atoms with Gasteiger partial charge in [0.2, 0.25) is 0 Å². The summed E-state index contributed by atoms with van der Waals surface area (Å²) in [5.41, 5.74) is 4.59. The van der Waals surface area contributed by atoms with Crippen molar-refractivity contribution in [3.8, 4) is 5.75 Å². The SMILES string of the molecule is COc1ccc(Cl)cc1C(NN)c1ccc(C)cc1F. The Morgan fingerprint density at radius 3 is 2.55 bits per heavy atom. The summed E-state index contributed by atoms with van der Waals surface area (Å²) in [5, 5.41) is 0.536. The molecule has 5 heteroatoms. The molecule has 1 unspecified atom stereocenters. The van der Waals surface area contributed by atoms with Crippen LogP contribution in [0.15, 0.2) is 36.4 Å². The number of benzene rings is 2. The number of methoxy groups -OCH3 is 1. The lowest BCUT2D eigenvalue weighted by atomic mass is 9.97. The average molecular weight is 295 g/mol. The van der Waals surface area contributed by atoms with E-state index in [1.54, 1.807) is 31.4 Å². The van der Waals surface area contributed by atoms with E-state index in [9.17, 15) is 4.39 Å². The summed E-state index contributed by atoms with van der Waals surface area (Å²) < 4.78 is 19.4. The van der Waals surface area contributed by atoms with Crippen LogP contribution in [-0.4, -0.2) is 7.11 Å². The number of nitrogens with one attached hydrogen (secondary N) is 1. The quantitative estimate of drug-likeness (QED) is 0.671. The molecule has 20 heavy (non-hydrogen) atoms. The van der Waals surface area contributed by atoms with Crippen molar-refractivity contribution in [2.45, 2.75) is 13.0 Å². The second kappa shape index (κ2) is 6.22. The van der Waals surface area contributed by atoms with E-state index in [1.807, 2.05) is 13.0 Å². The van der Waals surface area contributed by atoms with Crippen LogP contribution in [0, 0.1) is 12.7 Å². The van der Waals surface area contributed by atoms with E-state index in [-0.39, 0.29) is 5.82 Å². The van der Waals surface area contributed by atoms with Crippen LogP contribution in [0.25, 0.3) is 0 Å². The zero-order chi connectivity index (χ0) is 14.7. The molecule has 0 saturated heterocycles. The number of hydrogen-bond donors (Lipinski definition) is 2. The Labute approximate surface area is 122 Å². The van der Waals surface area contributed by atoms with E-state index in [0.717, 1.165) is 5.56 Å². The van der Waals surface area contributed by atoms with Gasteiger partial charge in [-0.1, -0.05) is 23.7 Å². The first-order valence-electron chi connectivity index (χ1n) is 6.12. The van der Waals surface area contributed by atoms with Gasteiger partial charge in [0.25, 0.3) is 0 Å². The molecule has 0 radical (unpaired) electrons. The van der Waals surface area contributed by atoms with Crippen LogP contribution < -0.4 is 16.0 Å². The number of hydrazine groups is 1. The van der Waals surface area contributed by atoms with Crippen LogP contribution in [0.2, 0.25) is 5.02 Å². The molecule has 0 aliphatic carbocycles. The smallest absolute Gasteiger partial charge is 0.128 e. The van der Waals surface area contributed by atoms with Gasteiger partial charge in [-0.05, 0) is 36.8 Å². The molecule has 0 spiro atoms. The average Bonchev–Trinajstić information content (AvgIpc) is 2.42. The first kappa shape index (κ1) is 14.8. The summed E-state index contributed by atoms with van der Waals surface area (Å²) >= 11 is 6.01. The fourth-order valence-electron chi connectivity index (χ4n) is 2.14. The van der Waals surface area contributed by atoms with Crippen molar-refractivity contribution in [1.29, 1.82) is 0 Å². The van der Waals surface area contributed by atoms with Crippen molar-refractivity contribution in [2.24, 2.45) is 5.84 Å². The Morgan fingerprint density at radius 1 is 1.20 bits per heavy atom. The second-order valence-electron chi connectivity index (χ2n) is 4.51. The van der Waals surface area contributed by atoms with Gasteiger partial charge in [-0.25, -0.2) is 9.82 Å². The molecule has 2 rings (SSSR count). The molecule has 3 nitrogen and oxygen atoms in total. The number of rotatable bonds is 4. The summed E-state index contributed by atoms with van der Waals surface area (Å²) in [6.07, 6.45) is 0. The highest BCUT2D eigenvalue weighted by molar-refractivity contribution is 6.30. The third-order valence-corrected chi connectivity index (χ3v) is 3.37. The molecule has 0 aliphatic rings. The van der Waals surface area contributed by atoms with Gasteiger partial charge in [-0.3, -0.25) is 5.84 Å². The van der Waals surface area contributed by atoms with Crippen molar-refractivity contribution in [3.63, 3.8) is 0 Å². The van der Waals surface area contributed by atoms with Crippen LogP contribution in [0.1, 0.15) is 22.7 Å². The van der Waals surface area contributed by atoms with Gasteiger partial charge in [0.15, 0.2) is 0 Å². The Balaban J connectivity index is 2.54. The number of ether oxygens (including phenoxy) is 1. The van der Waals surface area contributed by atoms with E-state index in [2.05, 4.69) is 5.43 Å². The van der Waals surface area contributed by atoms with Crippen molar-refractivity contribution in [1.82, 2.24) is 5.43 Å². The van der Waals surface area contributed by atoms with Crippen LogP contribution in [0.5, 0.6) is 5.75 Å². The summed E-state index contributed by atoms with van der Waals surface area (Å²) in [6.45, 7) is 1.83. The van der Waals surface area contributed by atoms with Gasteiger partial charge in [-0.2, -0.15) is 0 Å². The first-order chi connectivity index (χ1) is 9.56. The molecule has 2 aromatic carbocycles. The van der Waals surface area contributed by atoms with Gasteiger partial charge in [0.05, 0.1) is 13.2 Å². The Hall–Kier alpha value is -1.62. The lowest BCUT2D eigenvalue weighted by molar-refractivity contribution is 0.403. The minimum atomic E-state index is -0.538. The molecule has 3 N–H and O–H groups in total. The Kier molecular flexibility index (Phi) is 4.60. The van der Waals surface area contributed by atoms with Gasteiger partial charge in [-0.15, -0.1) is 0 Å². The zero-order valence-corrected chi connectivity index (χ0v) is 12.0. The molecule has 2 aromatic rings. The van der Waals surface area contributed by atoms with E-state index in [1.165, 1.54) is 6.07 Å². The molecule has 0 heterocycles. The molecule has 0 fully saturated rings. The third kappa shape index (κ3) is 2.93. The highest BCUT2D eigenvalue weighted by Crippen LogP contribution is 2.33. The molecule has 0 aliphatic heterocycles. The maximum absolute atomic E-state index is 14.1. The van der Waals surface area contributed by atoms with Crippen molar-refractivity contribution in [2.75, 3.05) is 7.11 Å². The van der Waals surface area contributed by atoms with Gasteiger partial charge < -0.3 is 4.74 Å². The highest BCUT2D eigenvalue weighted by atomic mass is 35.5. The molecule has 0 amide bonds. The largest absolute Gasteiger partial charge is 0.496 e. The maximum Gasteiger partial charge on any atom is 0.128 e. The van der Waals surface area contributed by atoms with E-state index >= 15 is 0 Å². The predicted octanol–water partition coefficient (Wildman–Crippen LogP) is 3.35. The number of halogens is 2. The standard InChI is InChI=1S/C15H16ClFN2O/c1-9-3-5-11(13(17)7-9)15(19-18)12-8-10(16)4-6-14(12)20-2/h3-8,15,19H,18H2,1-2H3. The number of nitrogens with two attached hydrogens (primary N) is 1. The van der Waals surface area contributed by atoms with Gasteiger partial charge in [0, 0.05) is 16.1 Å². The molecule has 1 atom stereocenters. The minimum Gasteiger partial charge on any atom is -0.496 e. The topological polar surface area (TPSA) is 47.3 Å². The van der Waals surface area contributed by atoms with Crippen molar-refractivity contribution in [3.05, 3.63) is 63.9 Å². The van der Waals surface area contributed by atoms with Crippen LogP contribution in [0.4, 0.5) is 4.39 Å². The van der Waals surface area contributed by atoms with Crippen LogP contribution >= 0.6 is 11.6 Å². The highest BCUT2D eigenvalue weighted by Gasteiger charge is 2.20. The zero-order valence-electron chi connectivity index (χ0n) is 11.3. The normalized spacial score (nSPS) is 12.2. The fourth-order valence-corrected chi connectivity index (χ4v) is 2.32. The summed E-state index contributed by atoms with van der Waals surface area (Å²) in [7, 11) is 1.55. The summed E-state index contributed by atoms with van der Waals surface area (Å²) in [5.74, 6) is 5.87. The Morgan fingerprint density at radius 2 is 1.95 bits per heavy atom. The predicted molar refractivity (Wildman–Crippen MR) is 78.3 cm³/mol. The summed E-state index contributed by atoms with van der Waals surface area (Å²) in [4.78, 5) is 0. The van der Waals surface area contributed by atoms with Crippen molar-refractivity contribution >= 4 is 11.6 Å². The molecule has 0 aromatic heterocycles. The molecule has 0 saturated carbocycles.